The molecular weight excluding hydrogens is 428 g/mol. The summed E-state index contributed by atoms with van der Waals surface area (Å²) in [5.41, 5.74) is 7.89. The highest BCUT2D eigenvalue weighted by atomic mass is 32.2. The van der Waals surface area contributed by atoms with Crippen LogP contribution in [0.5, 0.6) is 0 Å². The van der Waals surface area contributed by atoms with Crippen LogP contribution in [0.25, 0.3) is 11.4 Å². The fourth-order valence-electron chi connectivity index (χ4n) is 3.98. The number of carbonyl (C=O) groups is 1. The van der Waals surface area contributed by atoms with E-state index in [1.807, 2.05) is 19.0 Å². The molecular formula is C22H30N6O3S. The number of hydrogen-bond donors (Lipinski definition) is 3. The number of nitrogens with one attached hydrogen (secondary N) is 2. The third-order valence-electron chi connectivity index (χ3n) is 6.13. The van der Waals surface area contributed by atoms with Gasteiger partial charge in [0, 0.05) is 30.4 Å². The van der Waals surface area contributed by atoms with Crippen LogP contribution in [0.3, 0.4) is 0 Å². The number of carbonyl (C=O) groups excluding carboxylic acids is 1. The van der Waals surface area contributed by atoms with Gasteiger partial charge < -0.3 is 21.3 Å². The lowest BCUT2D eigenvalue weighted by Crippen LogP contribution is -2.45. The number of amides is 2. The Hall–Kier alpha value is -2.72. The van der Waals surface area contributed by atoms with E-state index in [0.29, 0.717) is 42.2 Å². The summed E-state index contributed by atoms with van der Waals surface area (Å²) in [5, 5.41) is 5.32. The lowest BCUT2D eigenvalue weighted by molar-refractivity contribution is 0.250. The summed E-state index contributed by atoms with van der Waals surface area (Å²) in [6, 6.07) is 8.42. The second-order valence-corrected chi connectivity index (χ2v) is 11.4. The number of urea groups is 1. The maximum Gasteiger partial charge on any atom is 0.319 e. The van der Waals surface area contributed by atoms with Crippen LogP contribution in [0, 0.1) is 0 Å². The molecule has 1 aromatic heterocycles. The normalized spacial score (nSPS) is 17.6. The van der Waals surface area contributed by atoms with Crippen molar-refractivity contribution in [3.63, 3.8) is 0 Å². The Morgan fingerprint density at radius 3 is 2.44 bits per heavy atom. The number of likely N-dealkylation sites (N-methyl/N-ethyl adjacent to an activating group) is 1. The second kappa shape index (κ2) is 8.67. The molecule has 1 heterocycles. The third kappa shape index (κ3) is 4.42. The summed E-state index contributed by atoms with van der Waals surface area (Å²) in [5.74, 6) is 0.643. The van der Waals surface area contributed by atoms with Crippen LogP contribution in [0.1, 0.15) is 37.8 Å². The summed E-state index contributed by atoms with van der Waals surface area (Å²) in [6.45, 7) is 1.29. The van der Waals surface area contributed by atoms with Gasteiger partial charge in [0.05, 0.1) is 10.9 Å². The van der Waals surface area contributed by atoms with Crippen molar-refractivity contribution in [2.45, 2.75) is 42.1 Å². The lowest BCUT2D eigenvalue weighted by atomic mass is 9.81. The van der Waals surface area contributed by atoms with Crippen molar-refractivity contribution in [3.8, 4) is 11.4 Å². The first-order valence-electron chi connectivity index (χ1n) is 10.9. The van der Waals surface area contributed by atoms with Gasteiger partial charge in [0.2, 0.25) is 0 Å². The van der Waals surface area contributed by atoms with Crippen LogP contribution in [0.15, 0.2) is 30.3 Å². The molecule has 1 aromatic carbocycles. The topological polar surface area (TPSA) is 130 Å². The van der Waals surface area contributed by atoms with E-state index in [0.717, 1.165) is 25.8 Å². The van der Waals surface area contributed by atoms with Crippen molar-refractivity contribution in [3.05, 3.63) is 36.0 Å². The molecule has 4 rings (SSSR count). The van der Waals surface area contributed by atoms with Crippen molar-refractivity contribution >= 4 is 27.4 Å². The van der Waals surface area contributed by atoms with Gasteiger partial charge in [-0.05, 0) is 70.5 Å². The molecule has 2 saturated carbocycles. The van der Waals surface area contributed by atoms with Gasteiger partial charge in [-0.1, -0.05) is 0 Å². The van der Waals surface area contributed by atoms with Gasteiger partial charge in [-0.2, -0.15) is 0 Å². The van der Waals surface area contributed by atoms with Crippen LogP contribution in [-0.2, 0) is 14.6 Å². The van der Waals surface area contributed by atoms with Crippen molar-refractivity contribution in [2.24, 2.45) is 0 Å². The van der Waals surface area contributed by atoms with E-state index in [1.165, 1.54) is 0 Å². The maximum absolute atomic E-state index is 13.2. The van der Waals surface area contributed by atoms with Gasteiger partial charge >= 0.3 is 6.03 Å². The van der Waals surface area contributed by atoms with Crippen LogP contribution < -0.4 is 16.4 Å². The molecule has 9 nitrogen and oxygen atoms in total. The number of anilines is 2. The van der Waals surface area contributed by atoms with E-state index in [1.54, 1.807) is 30.3 Å². The SMILES string of the molecule is CN(C)CCNC(=O)Nc1ccc(-c2nc(N)cc(C3(S(=O)(=O)C4CC4)CCC3)n2)cc1. The van der Waals surface area contributed by atoms with E-state index in [-0.39, 0.29) is 17.1 Å². The summed E-state index contributed by atoms with van der Waals surface area (Å²) in [4.78, 5) is 23.0. The molecule has 2 amide bonds. The average Bonchev–Trinajstić information content (AvgIpc) is 3.52. The summed E-state index contributed by atoms with van der Waals surface area (Å²) in [7, 11) is 0.585. The van der Waals surface area contributed by atoms with Crippen molar-refractivity contribution in [1.29, 1.82) is 0 Å². The minimum Gasteiger partial charge on any atom is -0.384 e. The molecule has 10 heteroatoms. The molecule has 32 heavy (non-hydrogen) atoms. The molecule has 0 unspecified atom stereocenters. The number of nitrogen functional groups attached to an aromatic ring is 1. The summed E-state index contributed by atoms with van der Waals surface area (Å²) >= 11 is 0. The zero-order valence-corrected chi connectivity index (χ0v) is 19.3. The number of aromatic nitrogens is 2. The largest absolute Gasteiger partial charge is 0.384 e. The minimum atomic E-state index is -3.30. The molecule has 4 N–H and O–H groups in total. The molecule has 0 spiro atoms. The van der Waals surface area contributed by atoms with Gasteiger partial charge in [0.15, 0.2) is 15.7 Å². The van der Waals surface area contributed by atoms with E-state index in [9.17, 15) is 13.2 Å². The highest BCUT2D eigenvalue weighted by Gasteiger charge is 2.57. The number of sulfone groups is 1. The standard InChI is InChI=1S/C22H30N6O3S/c1-28(2)13-12-24-21(29)25-16-6-4-15(5-7-16)20-26-18(14-19(23)27-20)22(10-3-11-22)32(30,31)17-8-9-17/h4-7,14,17H,3,8-13H2,1-2H3,(H2,23,26,27)(H2,24,25,29). The van der Waals surface area contributed by atoms with Gasteiger partial charge in [-0.3, -0.25) is 0 Å². The van der Waals surface area contributed by atoms with E-state index in [4.69, 9.17) is 5.73 Å². The second-order valence-electron chi connectivity index (χ2n) is 8.86. The fourth-order valence-corrected chi connectivity index (χ4v) is 6.63. The van der Waals surface area contributed by atoms with Crippen LogP contribution in [-0.4, -0.2) is 61.8 Å². The first-order valence-corrected chi connectivity index (χ1v) is 12.4. The lowest BCUT2D eigenvalue weighted by Gasteiger charge is -2.40. The Bertz CT molecular complexity index is 1090. The highest BCUT2D eigenvalue weighted by molar-refractivity contribution is 7.93. The van der Waals surface area contributed by atoms with E-state index in [2.05, 4.69) is 20.6 Å². The Morgan fingerprint density at radius 1 is 1.19 bits per heavy atom. The fraction of sp³-hybridized carbons (Fsp3) is 0.500. The minimum absolute atomic E-state index is 0.253. The number of nitrogens with two attached hydrogens (primary N) is 1. The van der Waals surface area contributed by atoms with Crippen molar-refractivity contribution in [1.82, 2.24) is 20.2 Å². The zero-order chi connectivity index (χ0) is 22.9. The van der Waals surface area contributed by atoms with Gasteiger partial charge in [0.1, 0.15) is 10.6 Å². The predicted octanol–water partition coefficient (Wildman–Crippen LogP) is 2.37. The Labute approximate surface area is 188 Å². The number of rotatable bonds is 8. The Morgan fingerprint density at radius 2 is 1.88 bits per heavy atom. The van der Waals surface area contributed by atoms with E-state index < -0.39 is 14.6 Å². The van der Waals surface area contributed by atoms with Crippen LogP contribution >= 0.6 is 0 Å². The zero-order valence-electron chi connectivity index (χ0n) is 18.5. The quantitative estimate of drug-likeness (QED) is 0.553. The smallest absolute Gasteiger partial charge is 0.319 e. The van der Waals surface area contributed by atoms with Crippen LogP contribution in [0.4, 0.5) is 16.3 Å². The van der Waals surface area contributed by atoms with Gasteiger partial charge in [0.25, 0.3) is 0 Å². The maximum atomic E-state index is 13.2. The summed E-state index contributed by atoms with van der Waals surface area (Å²) in [6.07, 6.45) is 3.48. The molecule has 2 aliphatic rings. The first kappa shape index (κ1) is 22.5. The summed E-state index contributed by atoms with van der Waals surface area (Å²) < 4.78 is 25.4. The van der Waals surface area contributed by atoms with E-state index >= 15 is 0 Å². The monoisotopic (exact) mass is 458 g/mol. The Balaban J connectivity index is 1.52. The van der Waals surface area contributed by atoms with Crippen molar-refractivity contribution in [2.75, 3.05) is 38.2 Å². The molecule has 2 aliphatic carbocycles. The number of benzene rings is 1. The molecule has 0 saturated heterocycles. The van der Waals surface area contributed by atoms with Crippen LogP contribution in [0.2, 0.25) is 0 Å². The Kier molecular flexibility index (Phi) is 6.09. The first-order chi connectivity index (χ1) is 15.2. The third-order valence-corrected chi connectivity index (χ3v) is 9.18. The molecule has 0 aliphatic heterocycles. The highest BCUT2D eigenvalue weighted by Crippen LogP contribution is 2.53. The van der Waals surface area contributed by atoms with Gasteiger partial charge in [-0.15, -0.1) is 0 Å². The molecule has 0 bridgehead atoms. The molecule has 172 valence electrons. The van der Waals surface area contributed by atoms with Gasteiger partial charge in [-0.25, -0.2) is 23.2 Å². The predicted molar refractivity (Wildman–Crippen MR) is 125 cm³/mol. The number of nitrogens with zero attached hydrogens (tertiary/aromatic N) is 3. The average molecular weight is 459 g/mol. The van der Waals surface area contributed by atoms with Crippen molar-refractivity contribution < 1.29 is 13.2 Å². The molecule has 0 atom stereocenters. The molecule has 0 radical (unpaired) electrons. The molecule has 2 aromatic rings. The number of hydrogen-bond acceptors (Lipinski definition) is 7. The molecule has 2 fully saturated rings.